The maximum absolute atomic E-state index is 14.3. The van der Waals surface area contributed by atoms with Crippen molar-refractivity contribution in [1.82, 2.24) is 0 Å². The van der Waals surface area contributed by atoms with E-state index in [0.29, 0.717) is 11.3 Å². The van der Waals surface area contributed by atoms with Gasteiger partial charge in [-0.1, -0.05) is 12.1 Å². The second-order valence-corrected chi connectivity index (χ2v) is 6.25. The van der Waals surface area contributed by atoms with Crippen LogP contribution in [0.3, 0.4) is 0 Å². The number of halogens is 2. The molecule has 0 fully saturated rings. The van der Waals surface area contributed by atoms with Crippen LogP contribution >= 0.6 is 0 Å². The number of methoxy groups -OCH3 is 1. The molecule has 150 valence electrons. The summed E-state index contributed by atoms with van der Waals surface area (Å²) < 4.78 is 38.4. The van der Waals surface area contributed by atoms with Crippen molar-refractivity contribution in [2.24, 2.45) is 0 Å². The molecule has 0 unspecified atom stereocenters. The molecule has 29 heavy (non-hydrogen) atoms. The highest BCUT2D eigenvalue weighted by Gasteiger charge is 2.21. The van der Waals surface area contributed by atoms with Gasteiger partial charge in [-0.05, 0) is 42.8 Å². The monoisotopic (exact) mass is 401 g/mol. The molecule has 0 aliphatic heterocycles. The summed E-state index contributed by atoms with van der Waals surface area (Å²) in [5.74, 6) is -3.74. The summed E-state index contributed by atoms with van der Waals surface area (Å²) in [6.45, 7) is 1.53. The Morgan fingerprint density at radius 2 is 1.79 bits per heavy atom. The van der Waals surface area contributed by atoms with Crippen LogP contribution in [0.1, 0.15) is 21.7 Å². The molecule has 8 heteroatoms. The molecule has 0 atom stereocenters. The summed E-state index contributed by atoms with van der Waals surface area (Å²) in [6, 6.07) is 10.2. The predicted octanol–water partition coefficient (Wildman–Crippen LogP) is 4.42. The molecule has 0 aliphatic carbocycles. The molecule has 0 bridgehead atoms. The van der Waals surface area contributed by atoms with E-state index < -0.39 is 23.5 Å². The number of aliphatic carboxylic acids is 1. The van der Waals surface area contributed by atoms with Crippen LogP contribution in [-0.4, -0.2) is 24.1 Å². The number of ether oxygens (including phenoxy) is 1. The van der Waals surface area contributed by atoms with Crippen molar-refractivity contribution >= 4 is 17.6 Å². The number of aryl methyl sites for hydroxylation is 1. The standard InChI is InChI=1S/C21H17F2NO5/c1-11-15(21(27)24-13-5-3-12(4-6-13)9-18(25)26)10-17(29-11)14-7-8-16(28-2)20(23)19(14)22/h3-8,10H,9H2,1-2H3,(H,24,27)(H,25,26). The average Bonchev–Trinajstić information content (AvgIpc) is 3.06. The molecular weight excluding hydrogens is 384 g/mol. The number of carbonyl (C=O) groups excluding carboxylic acids is 1. The second-order valence-electron chi connectivity index (χ2n) is 6.25. The number of carboxylic acid groups (broad SMARTS) is 1. The number of benzene rings is 2. The third-order valence-corrected chi connectivity index (χ3v) is 4.26. The average molecular weight is 401 g/mol. The molecule has 0 spiro atoms. The van der Waals surface area contributed by atoms with E-state index in [4.69, 9.17) is 14.3 Å². The Kier molecular flexibility index (Phi) is 5.63. The first-order chi connectivity index (χ1) is 13.8. The molecule has 0 saturated heterocycles. The maximum atomic E-state index is 14.3. The molecule has 0 saturated carbocycles. The van der Waals surface area contributed by atoms with E-state index in [1.807, 2.05) is 0 Å². The van der Waals surface area contributed by atoms with Crippen molar-refractivity contribution < 1.29 is 32.6 Å². The number of amides is 1. The molecular formula is C21H17F2NO5. The van der Waals surface area contributed by atoms with E-state index >= 15 is 0 Å². The van der Waals surface area contributed by atoms with Gasteiger partial charge in [0.25, 0.3) is 5.91 Å². The van der Waals surface area contributed by atoms with Crippen molar-refractivity contribution in [2.45, 2.75) is 13.3 Å². The Morgan fingerprint density at radius 3 is 2.41 bits per heavy atom. The largest absolute Gasteiger partial charge is 0.494 e. The Bertz CT molecular complexity index is 1070. The Morgan fingerprint density at radius 1 is 1.10 bits per heavy atom. The van der Waals surface area contributed by atoms with Crippen LogP contribution in [0.25, 0.3) is 11.3 Å². The number of anilines is 1. The zero-order valence-corrected chi connectivity index (χ0v) is 15.6. The Labute approximate surface area is 164 Å². The fourth-order valence-electron chi connectivity index (χ4n) is 2.80. The van der Waals surface area contributed by atoms with Gasteiger partial charge in [-0.3, -0.25) is 9.59 Å². The first-order valence-electron chi connectivity index (χ1n) is 8.55. The molecule has 1 amide bonds. The summed E-state index contributed by atoms with van der Waals surface area (Å²) in [5.41, 5.74) is 1.07. The van der Waals surface area contributed by atoms with E-state index in [1.54, 1.807) is 24.3 Å². The SMILES string of the molecule is COc1ccc(-c2cc(C(=O)Nc3ccc(CC(=O)O)cc3)c(C)o2)c(F)c1F. The van der Waals surface area contributed by atoms with Crippen LogP contribution in [0.15, 0.2) is 46.9 Å². The van der Waals surface area contributed by atoms with E-state index in [0.717, 1.165) is 0 Å². The fraction of sp³-hybridized carbons (Fsp3) is 0.143. The highest BCUT2D eigenvalue weighted by molar-refractivity contribution is 6.05. The van der Waals surface area contributed by atoms with Gasteiger partial charge in [0, 0.05) is 5.69 Å². The topological polar surface area (TPSA) is 88.8 Å². The van der Waals surface area contributed by atoms with Gasteiger partial charge >= 0.3 is 5.97 Å². The van der Waals surface area contributed by atoms with E-state index in [1.165, 1.54) is 32.2 Å². The lowest BCUT2D eigenvalue weighted by atomic mass is 10.1. The van der Waals surface area contributed by atoms with Crippen molar-refractivity contribution in [3.8, 4) is 17.1 Å². The summed E-state index contributed by atoms with van der Waals surface area (Å²) >= 11 is 0. The Hall–Kier alpha value is -3.68. The fourth-order valence-corrected chi connectivity index (χ4v) is 2.80. The molecule has 0 radical (unpaired) electrons. The number of hydrogen-bond donors (Lipinski definition) is 2. The van der Waals surface area contributed by atoms with Gasteiger partial charge in [-0.2, -0.15) is 4.39 Å². The van der Waals surface area contributed by atoms with E-state index in [9.17, 15) is 18.4 Å². The Balaban J connectivity index is 1.82. The highest BCUT2D eigenvalue weighted by atomic mass is 19.2. The molecule has 1 heterocycles. The zero-order chi connectivity index (χ0) is 21.1. The third-order valence-electron chi connectivity index (χ3n) is 4.26. The van der Waals surface area contributed by atoms with Crippen molar-refractivity contribution in [3.05, 3.63) is 71.0 Å². The first-order valence-corrected chi connectivity index (χ1v) is 8.55. The minimum absolute atomic E-state index is 0.00325. The molecule has 3 aromatic rings. The lowest BCUT2D eigenvalue weighted by Crippen LogP contribution is -2.12. The molecule has 2 aromatic carbocycles. The number of rotatable bonds is 6. The minimum atomic E-state index is -1.15. The quantitative estimate of drug-likeness (QED) is 0.638. The van der Waals surface area contributed by atoms with Crippen LogP contribution in [-0.2, 0) is 11.2 Å². The maximum Gasteiger partial charge on any atom is 0.307 e. The van der Waals surface area contributed by atoms with Crippen molar-refractivity contribution in [2.75, 3.05) is 12.4 Å². The van der Waals surface area contributed by atoms with Crippen molar-refractivity contribution in [3.63, 3.8) is 0 Å². The summed E-state index contributed by atoms with van der Waals surface area (Å²) in [5, 5.41) is 11.4. The normalized spacial score (nSPS) is 10.6. The lowest BCUT2D eigenvalue weighted by Gasteiger charge is -2.05. The van der Waals surface area contributed by atoms with Gasteiger partial charge < -0.3 is 19.6 Å². The van der Waals surface area contributed by atoms with Gasteiger partial charge in [0.2, 0.25) is 5.82 Å². The zero-order valence-electron chi connectivity index (χ0n) is 15.6. The molecule has 2 N–H and O–H groups in total. The molecule has 1 aromatic heterocycles. The molecule has 0 aliphatic rings. The number of nitrogens with one attached hydrogen (secondary N) is 1. The minimum Gasteiger partial charge on any atom is -0.494 e. The van der Waals surface area contributed by atoms with Crippen LogP contribution in [0.2, 0.25) is 0 Å². The van der Waals surface area contributed by atoms with Crippen LogP contribution in [0, 0.1) is 18.6 Å². The second kappa shape index (κ2) is 8.14. The number of carbonyl (C=O) groups is 2. The van der Waals surface area contributed by atoms with Crippen LogP contribution < -0.4 is 10.1 Å². The third kappa shape index (κ3) is 4.26. The highest BCUT2D eigenvalue weighted by Crippen LogP contribution is 2.32. The lowest BCUT2D eigenvalue weighted by molar-refractivity contribution is -0.136. The van der Waals surface area contributed by atoms with E-state index in [-0.39, 0.29) is 34.8 Å². The number of hydrogen-bond acceptors (Lipinski definition) is 4. The van der Waals surface area contributed by atoms with Crippen LogP contribution in [0.4, 0.5) is 14.5 Å². The summed E-state index contributed by atoms with van der Waals surface area (Å²) in [4.78, 5) is 23.3. The van der Waals surface area contributed by atoms with Crippen molar-refractivity contribution in [1.29, 1.82) is 0 Å². The van der Waals surface area contributed by atoms with Crippen LogP contribution in [0.5, 0.6) is 5.75 Å². The van der Waals surface area contributed by atoms with Gasteiger partial charge in [0.15, 0.2) is 11.6 Å². The molecule has 3 rings (SSSR count). The first kappa shape index (κ1) is 20.1. The summed E-state index contributed by atoms with van der Waals surface area (Å²) in [7, 11) is 1.23. The molecule has 6 nitrogen and oxygen atoms in total. The van der Waals surface area contributed by atoms with Gasteiger partial charge in [0.05, 0.1) is 24.7 Å². The number of carboxylic acids is 1. The smallest absolute Gasteiger partial charge is 0.307 e. The van der Waals surface area contributed by atoms with E-state index in [2.05, 4.69) is 5.32 Å². The summed E-state index contributed by atoms with van der Waals surface area (Å²) in [6.07, 6.45) is -0.123. The van der Waals surface area contributed by atoms with Gasteiger partial charge in [-0.15, -0.1) is 0 Å². The number of furan rings is 1. The predicted molar refractivity (Wildman–Crippen MR) is 101 cm³/mol. The van der Waals surface area contributed by atoms with Gasteiger partial charge in [0.1, 0.15) is 11.5 Å². The van der Waals surface area contributed by atoms with Gasteiger partial charge in [-0.25, -0.2) is 4.39 Å².